The molecule has 7 heteroatoms. The van der Waals surface area contributed by atoms with Gasteiger partial charge in [-0.2, -0.15) is 0 Å². The van der Waals surface area contributed by atoms with E-state index in [0.717, 1.165) is 5.56 Å². The fraction of sp³-hybridized carbons (Fsp3) is 0.308. The zero-order chi connectivity index (χ0) is 14.3. The van der Waals surface area contributed by atoms with Gasteiger partial charge in [-0.25, -0.2) is 0 Å². The summed E-state index contributed by atoms with van der Waals surface area (Å²) in [6.45, 7) is 1.03. The molecule has 1 N–H and O–H groups in total. The minimum absolute atomic E-state index is 0.0597. The van der Waals surface area contributed by atoms with E-state index < -0.39 is 10.8 Å². The van der Waals surface area contributed by atoms with Gasteiger partial charge in [0.05, 0.1) is 10.8 Å². The molecule has 1 saturated heterocycles. The van der Waals surface area contributed by atoms with Gasteiger partial charge in [0.1, 0.15) is 0 Å². The van der Waals surface area contributed by atoms with E-state index in [1.165, 1.54) is 4.90 Å². The largest absolute Gasteiger partial charge is 0.364 e. The first kappa shape index (κ1) is 12.9. The predicted molar refractivity (Wildman–Crippen MR) is 72.5 cm³/mol. The van der Waals surface area contributed by atoms with E-state index in [0.29, 0.717) is 23.9 Å². The van der Waals surface area contributed by atoms with Gasteiger partial charge in [-0.1, -0.05) is 23.7 Å². The maximum Gasteiger partial charge on any atom is 0.294 e. The first-order chi connectivity index (χ1) is 9.58. The number of hydrogen-bond donors (Lipinski definition) is 1. The fourth-order valence-electron chi connectivity index (χ4n) is 2.70. The van der Waals surface area contributed by atoms with Crippen LogP contribution >= 0.6 is 11.6 Å². The molecule has 0 radical (unpaired) electrons. The summed E-state index contributed by atoms with van der Waals surface area (Å²) in [6, 6.07) is 6.82. The topological polar surface area (TPSA) is 75.5 Å². The number of halogens is 1. The Balaban J connectivity index is 2.09. The van der Waals surface area contributed by atoms with Gasteiger partial charge in [0, 0.05) is 24.5 Å². The summed E-state index contributed by atoms with van der Waals surface area (Å²) in [5, 5.41) is 14.9. The van der Waals surface area contributed by atoms with Crippen LogP contribution in [0.3, 0.4) is 0 Å². The summed E-state index contributed by atoms with van der Waals surface area (Å²) in [4.78, 5) is 24.6. The number of carbonyl (C=O) groups is 1. The van der Waals surface area contributed by atoms with Crippen LogP contribution in [0.15, 0.2) is 35.8 Å². The smallest absolute Gasteiger partial charge is 0.294 e. The molecule has 1 aromatic rings. The molecule has 1 amide bonds. The van der Waals surface area contributed by atoms with Crippen LogP contribution < -0.4 is 5.32 Å². The molecule has 104 valence electrons. The molecule has 1 aromatic carbocycles. The van der Waals surface area contributed by atoms with Crippen molar-refractivity contribution >= 4 is 17.5 Å². The second kappa shape index (κ2) is 4.79. The number of nitro groups is 1. The van der Waals surface area contributed by atoms with Gasteiger partial charge in [0.25, 0.3) is 5.70 Å². The van der Waals surface area contributed by atoms with Crippen molar-refractivity contribution in [1.82, 2.24) is 10.2 Å². The number of hydrogen-bond acceptors (Lipinski definition) is 4. The molecule has 2 aliphatic rings. The molecule has 0 aliphatic carbocycles. The summed E-state index contributed by atoms with van der Waals surface area (Å²) < 4.78 is 0. The summed E-state index contributed by atoms with van der Waals surface area (Å²) in [7, 11) is 0. The number of rotatable bonds is 2. The molecule has 1 unspecified atom stereocenters. The predicted octanol–water partition coefficient (Wildman–Crippen LogP) is 1.70. The van der Waals surface area contributed by atoms with Crippen molar-refractivity contribution in [2.75, 3.05) is 13.1 Å². The van der Waals surface area contributed by atoms with E-state index in [1.807, 2.05) is 0 Å². The molecular formula is C13H12ClN3O3. The molecule has 0 bridgehead atoms. The Hall–Kier alpha value is -2.08. The number of fused-ring (bicyclic) bond motifs is 1. The van der Waals surface area contributed by atoms with E-state index in [2.05, 4.69) is 5.32 Å². The highest BCUT2D eigenvalue weighted by atomic mass is 35.5. The van der Waals surface area contributed by atoms with Gasteiger partial charge in [0.2, 0.25) is 5.91 Å². The van der Waals surface area contributed by atoms with Crippen molar-refractivity contribution in [2.45, 2.75) is 12.3 Å². The lowest BCUT2D eigenvalue weighted by Crippen LogP contribution is -2.37. The normalized spacial score (nSPS) is 21.8. The molecule has 0 saturated carbocycles. The third-order valence-electron chi connectivity index (χ3n) is 3.62. The average Bonchev–Trinajstić information content (AvgIpc) is 2.88. The molecule has 3 rings (SSSR count). The van der Waals surface area contributed by atoms with Gasteiger partial charge in [-0.05, 0) is 17.7 Å². The lowest BCUT2D eigenvalue weighted by Gasteiger charge is -2.26. The third-order valence-corrected chi connectivity index (χ3v) is 3.87. The van der Waals surface area contributed by atoms with Crippen molar-refractivity contribution in [3.63, 3.8) is 0 Å². The zero-order valence-corrected chi connectivity index (χ0v) is 11.3. The van der Waals surface area contributed by atoms with Gasteiger partial charge >= 0.3 is 0 Å². The molecule has 20 heavy (non-hydrogen) atoms. The van der Waals surface area contributed by atoms with Crippen LogP contribution in [0, 0.1) is 10.1 Å². The Morgan fingerprint density at radius 3 is 2.70 bits per heavy atom. The standard InChI is InChI=1S/C13H12ClN3O3/c14-9-3-1-8(2-4-9)10-7-11(18)16-6-5-15-13(16)12(10)17(19)20/h1-4,10,15H,5-7H2. The number of amides is 1. The van der Waals surface area contributed by atoms with Crippen molar-refractivity contribution in [1.29, 1.82) is 0 Å². The van der Waals surface area contributed by atoms with Crippen LogP contribution in [-0.2, 0) is 4.79 Å². The summed E-state index contributed by atoms with van der Waals surface area (Å²) in [6.07, 6.45) is 0.114. The fourth-order valence-corrected chi connectivity index (χ4v) is 2.83. The number of allylic oxidation sites excluding steroid dienone is 1. The zero-order valence-electron chi connectivity index (χ0n) is 10.5. The maximum atomic E-state index is 12.1. The Labute approximate surface area is 120 Å². The van der Waals surface area contributed by atoms with Crippen LogP contribution in [0.2, 0.25) is 5.02 Å². The molecule has 1 atom stereocenters. The number of nitrogens with one attached hydrogen (secondary N) is 1. The monoisotopic (exact) mass is 293 g/mol. The van der Waals surface area contributed by atoms with Gasteiger partial charge in [-0.15, -0.1) is 0 Å². The van der Waals surface area contributed by atoms with Crippen molar-refractivity contribution < 1.29 is 9.72 Å². The Bertz CT molecular complexity index is 612. The molecule has 2 aliphatic heterocycles. The molecule has 0 spiro atoms. The Morgan fingerprint density at radius 2 is 2.05 bits per heavy atom. The summed E-state index contributed by atoms with van der Waals surface area (Å²) >= 11 is 5.83. The van der Waals surface area contributed by atoms with Gasteiger partial charge in [0.15, 0.2) is 5.82 Å². The highest BCUT2D eigenvalue weighted by Gasteiger charge is 2.43. The number of nitrogens with zero attached hydrogens (tertiary/aromatic N) is 2. The number of benzene rings is 1. The SMILES string of the molecule is O=C1CC(c2ccc(Cl)cc2)C([N+](=O)[O-])=C2NCCN12. The minimum Gasteiger partial charge on any atom is -0.364 e. The average molecular weight is 294 g/mol. The van der Waals surface area contributed by atoms with Crippen LogP contribution in [0.5, 0.6) is 0 Å². The quantitative estimate of drug-likeness (QED) is 0.665. The second-order valence-electron chi connectivity index (χ2n) is 4.77. The first-order valence-corrected chi connectivity index (χ1v) is 6.64. The van der Waals surface area contributed by atoms with E-state index in [-0.39, 0.29) is 18.0 Å². The van der Waals surface area contributed by atoms with Gasteiger partial charge in [-0.3, -0.25) is 19.8 Å². The van der Waals surface area contributed by atoms with Gasteiger partial charge < -0.3 is 5.32 Å². The Morgan fingerprint density at radius 1 is 1.35 bits per heavy atom. The summed E-state index contributed by atoms with van der Waals surface area (Å²) in [5.41, 5.74) is 0.791. The second-order valence-corrected chi connectivity index (χ2v) is 5.21. The molecule has 2 heterocycles. The van der Waals surface area contributed by atoms with Crippen molar-refractivity contribution in [3.05, 3.63) is 56.5 Å². The van der Waals surface area contributed by atoms with Crippen LogP contribution in [0.1, 0.15) is 17.9 Å². The Kier molecular flexibility index (Phi) is 3.10. The molecule has 0 aromatic heterocycles. The highest BCUT2D eigenvalue weighted by molar-refractivity contribution is 6.30. The third kappa shape index (κ3) is 2.02. The van der Waals surface area contributed by atoms with E-state index in [4.69, 9.17) is 11.6 Å². The van der Waals surface area contributed by atoms with E-state index in [1.54, 1.807) is 24.3 Å². The molecular weight excluding hydrogens is 282 g/mol. The first-order valence-electron chi connectivity index (χ1n) is 6.26. The molecule has 6 nitrogen and oxygen atoms in total. The van der Waals surface area contributed by atoms with Crippen LogP contribution in [0.4, 0.5) is 0 Å². The number of carbonyl (C=O) groups excluding carboxylic acids is 1. The minimum atomic E-state index is -0.536. The maximum absolute atomic E-state index is 12.1. The van der Waals surface area contributed by atoms with E-state index in [9.17, 15) is 14.9 Å². The molecule has 1 fully saturated rings. The van der Waals surface area contributed by atoms with E-state index >= 15 is 0 Å². The lowest BCUT2D eigenvalue weighted by molar-refractivity contribution is -0.433. The lowest BCUT2D eigenvalue weighted by atomic mass is 9.89. The van der Waals surface area contributed by atoms with Crippen LogP contribution in [0.25, 0.3) is 0 Å². The van der Waals surface area contributed by atoms with Crippen molar-refractivity contribution in [2.24, 2.45) is 0 Å². The summed E-state index contributed by atoms with van der Waals surface area (Å²) in [5.74, 6) is -0.284. The highest BCUT2D eigenvalue weighted by Crippen LogP contribution is 2.37. The van der Waals surface area contributed by atoms with Crippen molar-refractivity contribution in [3.8, 4) is 0 Å². The van der Waals surface area contributed by atoms with Crippen LogP contribution in [-0.4, -0.2) is 28.8 Å².